The van der Waals surface area contributed by atoms with Gasteiger partial charge < -0.3 is 11.1 Å². The summed E-state index contributed by atoms with van der Waals surface area (Å²) in [5.41, 5.74) is 6.01. The Morgan fingerprint density at radius 2 is 1.94 bits per heavy atom. The SMILES string of the molecule is Nc1cnc(Nc2c(F)cccc2Cl)nc1. The Bertz CT molecular complexity index is 480. The standard InChI is InChI=1S/C10H8ClFN4/c11-7-2-1-3-8(12)9(7)16-10-14-4-6(13)5-15-10/h1-5H,13H2,(H,14,15,16). The number of nitrogens with zero attached hydrogens (tertiary/aromatic N) is 2. The third-order valence-corrected chi connectivity index (χ3v) is 2.19. The lowest BCUT2D eigenvalue weighted by Gasteiger charge is -2.07. The number of halogens is 2. The van der Waals surface area contributed by atoms with Gasteiger partial charge in [-0.25, -0.2) is 14.4 Å². The highest BCUT2D eigenvalue weighted by Crippen LogP contribution is 2.26. The summed E-state index contributed by atoms with van der Waals surface area (Å²) >= 11 is 5.83. The van der Waals surface area contributed by atoms with E-state index in [-0.39, 0.29) is 16.7 Å². The number of nitrogens with one attached hydrogen (secondary N) is 1. The van der Waals surface area contributed by atoms with Crippen LogP contribution in [-0.2, 0) is 0 Å². The van der Waals surface area contributed by atoms with E-state index in [1.54, 1.807) is 6.07 Å². The highest BCUT2D eigenvalue weighted by atomic mass is 35.5. The molecule has 0 aliphatic rings. The number of nitrogen functional groups attached to an aromatic ring is 1. The number of benzene rings is 1. The molecule has 0 aliphatic heterocycles. The van der Waals surface area contributed by atoms with E-state index in [0.717, 1.165) is 0 Å². The van der Waals surface area contributed by atoms with E-state index in [9.17, 15) is 4.39 Å². The fourth-order valence-corrected chi connectivity index (χ4v) is 1.34. The molecule has 1 aromatic carbocycles. The smallest absolute Gasteiger partial charge is 0.227 e. The maximum atomic E-state index is 13.4. The molecule has 16 heavy (non-hydrogen) atoms. The van der Waals surface area contributed by atoms with Gasteiger partial charge in [-0.2, -0.15) is 0 Å². The molecule has 0 fully saturated rings. The molecule has 0 spiro atoms. The zero-order chi connectivity index (χ0) is 11.5. The fourth-order valence-electron chi connectivity index (χ4n) is 1.13. The van der Waals surface area contributed by atoms with Gasteiger partial charge in [0.1, 0.15) is 5.82 Å². The minimum absolute atomic E-state index is 0.147. The Balaban J connectivity index is 2.30. The number of hydrogen-bond donors (Lipinski definition) is 2. The molecule has 0 atom stereocenters. The van der Waals surface area contributed by atoms with Crippen LogP contribution in [0.15, 0.2) is 30.6 Å². The molecule has 2 rings (SSSR count). The second-order valence-corrected chi connectivity index (χ2v) is 3.47. The van der Waals surface area contributed by atoms with Crippen molar-refractivity contribution in [3.8, 4) is 0 Å². The molecule has 1 aromatic heterocycles. The average molecular weight is 239 g/mol. The first-order valence-corrected chi connectivity index (χ1v) is 4.83. The molecule has 82 valence electrons. The number of rotatable bonds is 2. The minimum atomic E-state index is -0.465. The Labute approximate surface area is 96.3 Å². The molecule has 0 aliphatic carbocycles. The van der Waals surface area contributed by atoms with Gasteiger partial charge in [-0.15, -0.1) is 0 Å². The van der Waals surface area contributed by atoms with Crippen LogP contribution in [0.25, 0.3) is 0 Å². The summed E-state index contributed by atoms with van der Waals surface area (Å²) in [4.78, 5) is 7.77. The summed E-state index contributed by atoms with van der Waals surface area (Å²) in [6.07, 6.45) is 2.84. The molecular formula is C10H8ClFN4. The van der Waals surface area contributed by atoms with Crippen LogP contribution in [0.4, 0.5) is 21.7 Å². The first kappa shape index (κ1) is 10.6. The molecule has 2 aromatic rings. The third kappa shape index (κ3) is 2.20. The van der Waals surface area contributed by atoms with Gasteiger partial charge in [-0.1, -0.05) is 17.7 Å². The van der Waals surface area contributed by atoms with Crippen LogP contribution in [0, 0.1) is 5.82 Å². The van der Waals surface area contributed by atoms with Crippen LogP contribution in [0.3, 0.4) is 0 Å². The third-order valence-electron chi connectivity index (χ3n) is 1.87. The normalized spacial score (nSPS) is 10.1. The van der Waals surface area contributed by atoms with Crippen LogP contribution >= 0.6 is 11.6 Å². The van der Waals surface area contributed by atoms with Crippen molar-refractivity contribution in [3.05, 3.63) is 41.4 Å². The highest BCUT2D eigenvalue weighted by Gasteiger charge is 2.07. The van der Waals surface area contributed by atoms with Crippen molar-refractivity contribution >= 4 is 28.9 Å². The van der Waals surface area contributed by atoms with Gasteiger partial charge in [0.2, 0.25) is 5.95 Å². The number of para-hydroxylation sites is 1. The molecule has 1 heterocycles. The Morgan fingerprint density at radius 1 is 1.25 bits per heavy atom. The van der Waals surface area contributed by atoms with E-state index >= 15 is 0 Å². The average Bonchev–Trinajstić information content (AvgIpc) is 2.26. The lowest BCUT2D eigenvalue weighted by atomic mass is 10.3. The van der Waals surface area contributed by atoms with Gasteiger partial charge in [0.25, 0.3) is 0 Å². The van der Waals surface area contributed by atoms with Gasteiger partial charge in [0, 0.05) is 0 Å². The fraction of sp³-hybridized carbons (Fsp3) is 0. The maximum Gasteiger partial charge on any atom is 0.227 e. The molecule has 6 heteroatoms. The van der Waals surface area contributed by atoms with Crippen molar-refractivity contribution in [3.63, 3.8) is 0 Å². The molecule has 0 saturated carbocycles. The van der Waals surface area contributed by atoms with Crippen molar-refractivity contribution in [1.29, 1.82) is 0 Å². The lowest BCUT2D eigenvalue weighted by molar-refractivity contribution is 0.631. The highest BCUT2D eigenvalue weighted by molar-refractivity contribution is 6.33. The van der Waals surface area contributed by atoms with E-state index < -0.39 is 5.82 Å². The van der Waals surface area contributed by atoms with Crippen molar-refractivity contribution in [2.75, 3.05) is 11.1 Å². The summed E-state index contributed by atoms with van der Waals surface area (Å²) < 4.78 is 13.4. The zero-order valence-corrected chi connectivity index (χ0v) is 8.87. The van der Waals surface area contributed by atoms with Gasteiger partial charge in [0.05, 0.1) is 28.8 Å². The van der Waals surface area contributed by atoms with E-state index in [1.165, 1.54) is 24.5 Å². The molecule has 0 amide bonds. The van der Waals surface area contributed by atoms with Crippen molar-refractivity contribution in [2.24, 2.45) is 0 Å². The summed E-state index contributed by atoms with van der Waals surface area (Å²) in [6.45, 7) is 0. The summed E-state index contributed by atoms with van der Waals surface area (Å²) in [6, 6.07) is 4.39. The number of anilines is 3. The van der Waals surface area contributed by atoms with E-state index in [0.29, 0.717) is 5.69 Å². The maximum absolute atomic E-state index is 13.4. The van der Waals surface area contributed by atoms with Gasteiger partial charge in [-0.05, 0) is 12.1 Å². The molecule has 3 N–H and O–H groups in total. The van der Waals surface area contributed by atoms with Gasteiger partial charge in [0.15, 0.2) is 0 Å². The predicted octanol–water partition coefficient (Wildman–Crippen LogP) is 2.59. The zero-order valence-electron chi connectivity index (χ0n) is 8.11. The van der Waals surface area contributed by atoms with E-state index in [2.05, 4.69) is 15.3 Å². The predicted molar refractivity (Wildman–Crippen MR) is 61.1 cm³/mol. The van der Waals surface area contributed by atoms with Crippen molar-refractivity contribution in [2.45, 2.75) is 0 Å². The molecule has 0 bridgehead atoms. The number of hydrogen-bond acceptors (Lipinski definition) is 4. The quantitative estimate of drug-likeness (QED) is 0.844. The largest absolute Gasteiger partial charge is 0.396 e. The summed E-state index contributed by atoms with van der Waals surface area (Å²) in [5, 5.41) is 2.95. The van der Waals surface area contributed by atoms with Crippen LogP contribution in [0.5, 0.6) is 0 Å². The van der Waals surface area contributed by atoms with Crippen molar-refractivity contribution in [1.82, 2.24) is 9.97 Å². The molecule has 0 unspecified atom stereocenters. The van der Waals surface area contributed by atoms with Crippen LogP contribution in [-0.4, -0.2) is 9.97 Å². The van der Waals surface area contributed by atoms with Crippen LogP contribution < -0.4 is 11.1 Å². The number of aromatic nitrogens is 2. The van der Waals surface area contributed by atoms with Crippen LogP contribution in [0.2, 0.25) is 5.02 Å². The molecule has 4 nitrogen and oxygen atoms in total. The topological polar surface area (TPSA) is 63.8 Å². The first-order valence-electron chi connectivity index (χ1n) is 4.45. The monoisotopic (exact) mass is 238 g/mol. The first-order chi connectivity index (χ1) is 7.66. The molecule has 0 radical (unpaired) electrons. The van der Waals surface area contributed by atoms with E-state index in [1.807, 2.05) is 0 Å². The minimum Gasteiger partial charge on any atom is -0.396 e. The van der Waals surface area contributed by atoms with Gasteiger partial charge >= 0.3 is 0 Å². The summed E-state index contributed by atoms with van der Waals surface area (Å²) in [5.74, 6) is -0.228. The molecular weight excluding hydrogens is 231 g/mol. The van der Waals surface area contributed by atoms with Crippen molar-refractivity contribution < 1.29 is 4.39 Å². The number of nitrogens with two attached hydrogens (primary N) is 1. The Kier molecular flexibility index (Phi) is 2.87. The lowest BCUT2D eigenvalue weighted by Crippen LogP contribution is -2.00. The second kappa shape index (κ2) is 4.32. The Morgan fingerprint density at radius 3 is 2.56 bits per heavy atom. The Hall–Kier alpha value is -1.88. The molecule has 0 saturated heterocycles. The van der Waals surface area contributed by atoms with Gasteiger partial charge in [-0.3, -0.25) is 0 Å². The summed E-state index contributed by atoms with van der Waals surface area (Å²) in [7, 11) is 0. The van der Waals surface area contributed by atoms with E-state index in [4.69, 9.17) is 17.3 Å². The second-order valence-electron chi connectivity index (χ2n) is 3.06. The van der Waals surface area contributed by atoms with Crippen LogP contribution in [0.1, 0.15) is 0 Å².